The molecule has 3 rings (SSSR count). The molecule has 2 nitrogen and oxygen atoms in total. The summed E-state index contributed by atoms with van der Waals surface area (Å²) in [6, 6.07) is 0. The highest BCUT2D eigenvalue weighted by molar-refractivity contribution is 7.30. The zero-order chi connectivity index (χ0) is 38.3. The Morgan fingerprint density at radius 3 is 1.62 bits per heavy atom. The van der Waals surface area contributed by atoms with E-state index in [-0.39, 0.29) is 16.4 Å². The third-order valence-electron chi connectivity index (χ3n) is 7.18. The van der Waals surface area contributed by atoms with Crippen LogP contribution >= 0.6 is 27.7 Å². The Morgan fingerprint density at radius 1 is 0.580 bits per heavy atom. The van der Waals surface area contributed by atoms with E-state index in [1.54, 1.807) is 9.24 Å². The average Bonchev–Trinajstić information content (AvgIpc) is 3.09. The van der Waals surface area contributed by atoms with Crippen LogP contribution in [0.2, 0.25) is 0 Å². The molecule has 50 heavy (non-hydrogen) atoms. The number of rotatable bonds is 8. The van der Waals surface area contributed by atoms with E-state index in [4.69, 9.17) is 0 Å². The van der Waals surface area contributed by atoms with Crippen LogP contribution < -0.4 is 15.9 Å². The van der Waals surface area contributed by atoms with Crippen molar-refractivity contribution in [1.29, 1.82) is 0 Å². The van der Waals surface area contributed by atoms with Crippen molar-refractivity contribution in [2.75, 3.05) is 6.67 Å². The van der Waals surface area contributed by atoms with Crippen molar-refractivity contribution >= 4 is 60.8 Å². The van der Waals surface area contributed by atoms with E-state index < -0.39 is 139 Å². The maximum atomic E-state index is 15.7. The first-order valence-electron chi connectivity index (χ1n) is 13.4. The van der Waals surface area contributed by atoms with Crippen LogP contribution in [0.3, 0.4) is 0 Å². The van der Waals surface area contributed by atoms with Crippen molar-refractivity contribution in [2.24, 2.45) is 9.98 Å². The van der Waals surface area contributed by atoms with Crippen LogP contribution in [0.4, 0.5) is 61.5 Å². The van der Waals surface area contributed by atoms with Gasteiger partial charge in [0.05, 0.1) is 17.7 Å². The highest BCUT2D eigenvalue weighted by Crippen LogP contribution is 2.37. The fraction of sp³-hybridized carbons (Fsp3) is 0.161. The van der Waals surface area contributed by atoms with Crippen LogP contribution in [0.25, 0.3) is 5.57 Å². The summed E-state index contributed by atoms with van der Waals surface area (Å²) in [4.78, 5) is 7.40. The highest BCUT2D eigenvalue weighted by atomic mass is 31.0. The number of benzene rings is 3. The number of alkyl halides is 1. The summed E-state index contributed by atoms with van der Waals surface area (Å²) in [5.41, 5.74) is -8.66. The van der Waals surface area contributed by atoms with Gasteiger partial charge in [-0.25, -0.2) is 66.5 Å². The molecule has 19 heteroatoms. The predicted molar refractivity (Wildman–Crippen MR) is 172 cm³/mol. The molecule has 0 N–H and O–H groups in total. The quantitative estimate of drug-likeness (QED) is 0.0546. The minimum Gasteiger partial charge on any atom is -0.261 e. The summed E-state index contributed by atoms with van der Waals surface area (Å²) in [5.74, 6) is -29.4. The molecule has 0 aliphatic rings. The van der Waals surface area contributed by atoms with E-state index in [1.165, 1.54) is 0 Å². The molecule has 0 fully saturated rings. The van der Waals surface area contributed by atoms with E-state index in [2.05, 4.69) is 16.6 Å². The lowest BCUT2D eigenvalue weighted by Gasteiger charge is -2.16. The summed E-state index contributed by atoms with van der Waals surface area (Å²) in [6.07, 6.45) is 0. The van der Waals surface area contributed by atoms with Gasteiger partial charge in [-0.1, -0.05) is 15.8 Å². The number of amidine groups is 1. The lowest BCUT2D eigenvalue weighted by Crippen LogP contribution is -2.26. The molecule has 0 spiro atoms. The second-order valence-electron chi connectivity index (χ2n) is 10.2. The molecule has 0 amide bonds. The van der Waals surface area contributed by atoms with Crippen molar-refractivity contribution in [3.8, 4) is 0 Å². The molecule has 0 radical (unpaired) electrons. The molecule has 0 saturated carbocycles. The van der Waals surface area contributed by atoms with Crippen LogP contribution in [-0.2, 0) is 6.54 Å². The number of aliphatic imine (C=N–C) groups is 2. The number of allylic oxidation sites excluding steroid dienone is 5. The van der Waals surface area contributed by atoms with Crippen LogP contribution in [-0.4, -0.2) is 18.2 Å². The zero-order valence-electron chi connectivity index (χ0n) is 25.5. The van der Waals surface area contributed by atoms with Gasteiger partial charge in [0.1, 0.15) is 24.1 Å². The lowest BCUT2D eigenvalue weighted by atomic mass is 9.99. The number of hydrogen-bond donors (Lipinski definition) is 0. The van der Waals surface area contributed by atoms with E-state index >= 15 is 17.6 Å². The summed E-state index contributed by atoms with van der Waals surface area (Å²) in [7, 11) is 5.53. The van der Waals surface area contributed by atoms with Crippen molar-refractivity contribution in [3.05, 3.63) is 116 Å². The van der Waals surface area contributed by atoms with Gasteiger partial charge in [0.25, 0.3) is 0 Å². The van der Waals surface area contributed by atoms with Gasteiger partial charge in [0.2, 0.25) is 0 Å². The molecule has 3 unspecified atom stereocenters. The molecule has 0 saturated heterocycles. The van der Waals surface area contributed by atoms with Crippen LogP contribution in [0, 0.1) is 66.2 Å². The van der Waals surface area contributed by atoms with E-state index in [0.29, 0.717) is 0 Å². The molecule has 268 valence electrons. The van der Waals surface area contributed by atoms with Crippen LogP contribution in [0.15, 0.2) is 39.9 Å². The van der Waals surface area contributed by atoms with Gasteiger partial charge in [-0.05, 0) is 31.6 Å². The minimum atomic E-state index is -2.87. The Balaban J connectivity index is 2.43. The third kappa shape index (κ3) is 7.30. The Hall–Kier alpha value is -3.47. The van der Waals surface area contributed by atoms with Gasteiger partial charge in [0.15, 0.2) is 64.0 Å². The second kappa shape index (κ2) is 15.8. The molecule has 3 aromatic carbocycles. The predicted octanol–water partition coefficient (Wildman–Crippen LogP) is 8.80. The van der Waals surface area contributed by atoms with E-state index in [9.17, 15) is 43.9 Å². The Morgan fingerprint density at radius 2 is 1.10 bits per heavy atom. The van der Waals surface area contributed by atoms with Crippen molar-refractivity contribution in [1.82, 2.24) is 0 Å². The Bertz CT molecular complexity index is 2000. The zero-order valence-corrected chi connectivity index (χ0v) is 29.0. The van der Waals surface area contributed by atoms with Crippen LogP contribution in [0.5, 0.6) is 0 Å². The van der Waals surface area contributed by atoms with E-state index in [1.807, 2.05) is 18.5 Å². The maximum Gasteiger partial charge on any atom is 0.197 e. The topological polar surface area (TPSA) is 24.7 Å². The number of hydrogen-bond acceptors (Lipinski definition) is 1. The van der Waals surface area contributed by atoms with Gasteiger partial charge < -0.3 is 0 Å². The maximum absolute atomic E-state index is 15.7. The summed E-state index contributed by atoms with van der Waals surface area (Å²) in [5, 5.41) is -1.37. The van der Waals surface area contributed by atoms with Crippen LogP contribution in [0.1, 0.15) is 40.3 Å². The minimum absolute atomic E-state index is 0.0758. The van der Waals surface area contributed by atoms with Gasteiger partial charge in [-0.2, -0.15) is 0 Å². The molecule has 0 aliphatic heterocycles. The molecule has 3 atom stereocenters. The van der Waals surface area contributed by atoms with E-state index in [0.717, 1.165) is 20.8 Å². The summed E-state index contributed by atoms with van der Waals surface area (Å²) >= 11 is 0. The van der Waals surface area contributed by atoms with Gasteiger partial charge in [-0.3, -0.25) is 4.99 Å². The summed E-state index contributed by atoms with van der Waals surface area (Å²) < 4.78 is 203. The fourth-order valence-electron chi connectivity index (χ4n) is 4.40. The molecule has 3 aromatic rings. The lowest BCUT2D eigenvalue weighted by molar-refractivity contribution is 0.412. The van der Waals surface area contributed by atoms with Crippen molar-refractivity contribution < 1.29 is 61.5 Å². The molecule has 0 bridgehead atoms. The highest BCUT2D eigenvalue weighted by Gasteiger charge is 2.33. The number of nitrogens with zero attached hydrogens (tertiary/aromatic N) is 2. The van der Waals surface area contributed by atoms with Crippen molar-refractivity contribution in [2.45, 2.75) is 27.3 Å². The Kier molecular flexibility index (Phi) is 13.0. The molecule has 0 aromatic heterocycles. The SMILES string of the molecule is C=C(/C(F)=C(F)\C(F)=C(\F)CF)c1c(F)c(F)c(C(=NCc2c(F)c(C)c(F)c(P)c2F)N=C(C)c2c(P)c(C)c(F)c(F)c2P)c(F)c1F. The van der Waals surface area contributed by atoms with Gasteiger partial charge >= 0.3 is 0 Å². The number of halogens is 14. The normalized spacial score (nSPS) is 13.5. The average molecular weight is 780 g/mol. The molecule has 0 heterocycles. The third-order valence-corrected chi connectivity index (χ3v) is 8.95. The van der Waals surface area contributed by atoms with Gasteiger partial charge in [-0.15, -0.1) is 18.5 Å². The molecular formula is C31H21F14N2P3. The van der Waals surface area contributed by atoms with Gasteiger partial charge in [0, 0.05) is 38.6 Å². The molecule has 0 aliphatic carbocycles. The second-order valence-corrected chi connectivity index (χ2v) is 11.9. The smallest absolute Gasteiger partial charge is 0.197 e. The largest absolute Gasteiger partial charge is 0.261 e. The Labute approximate surface area is 281 Å². The molecular weight excluding hydrogens is 759 g/mol. The first-order chi connectivity index (χ1) is 23.1. The monoisotopic (exact) mass is 780 g/mol. The summed E-state index contributed by atoms with van der Waals surface area (Å²) in [6.45, 7) is 2.23. The standard InChI is InChI=1S/C31H21F14N2P3/c1-7(17(35)26(44)21(39)12(33)5-32)13-22(40)24(42)15(25(43)23(13)41)31(46-6-11-16(34)8(2)19(37)30(50)20(11)38)47-10(4)14-28(48)9(3)18(36)27(45)29(14)49/h1,5-6,48-50H2,2-4H3/b21-12-,26-17-,46-31?,47-10?. The fourth-order valence-corrected chi connectivity index (χ4v) is 5.94. The first-order valence-corrected chi connectivity index (χ1v) is 15.1. The first kappa shape index (κ1) is 41.0. The van der Waals surface area contributed by atoms with Crippen molar-refractivity contribution in [3.63, 3.8) is 0 Å².